The van der Waals surface area contributed by atoms with Crippen molar-refractivity contribution in [2.24, 2.45) is 0 Å². The average molecular weight is 389 g/mol. The average Bonchev–Trinajstić information content (AvgIpc) is 2.54. The molecule has 0 unspecified atom stereocenters. The highest BCUT2D eigenvalue weighted by Crippen LogP contribution is 2.33. The predicted molar refractivity (Wildman–Crippen MR) is 91.7 cm³/mol. The third kappa shape index (κ3) is 6.60. The molecule has 0 spiro atoms. The minimum Gasteiger partial charge on any atom is -0.444 e. The third-order valence-corrected chi connectivity index (χ3v) is 3.69. The quantitative estimate of drug-likeness (QED) is 0.698. The molecule has 2 atom stereocenters. The zero-order chi connectivity index (χ0) is 20.0. The summed E-state index contributed by atoms with van der Waals surface area (Å²) in [6, 6.07) is 3.86. The largest absolute Gasteiger partial charge is 0.444 e. The first kappa shape index (κ1) is 21.3. The molecule has 1 heterocycles. The van der Waals surface area contributed by atoms with E-state index in [9.17, 15) is 13.6 Å². The first-order chi connectivity index (χ1) is 12.7. The minimum atomic E-state index is -2.93. The van der Waals surface area contributed by atoms with Crippen molar-refractivity contribution in [3.8, 4) is 5.75 Å². The lowest BCUT2D eigenvalue weighted by molar-refractivity contribution is -0.0608. The molecule has 1 aliphatic heterocycles. The van der Waals surface area contributed by atoms with Gasteiger partial charge in [-0.05, 0) is 44.0 Å². The van der Waals surface area contributed by atoms with Crippen LogP contribution >= 0.6 is 0 Å². The van der Waals surface area contributed by atoms with Gasteiger partial charge in [-0.25, -0.2) is 4.79 Å². The molecule has 7 nitrogen and oxygen atoms in total. The lowest BCUT2D eigenvalue weighted by Gasteiger charge is -2.34. The Morgan fingerprint density at radius 1 is 1.41 bits per heavy atom. The Morgan fingerprint density at radius 2 is 2.15 bits per heavy atom. The third-order valence-electron chi connectivity index (χ3n) is 3.69. The SMILES string of the molecule is CC(C)(C)OC(=O)N[C@H]1c2ccc(OC(F)F)cc2CO[C@H]1COCCO. The molecule has 1 aromatic rings. The Hall–Kier alpha value is -1.97. The number of rotatable bonds is 7. The van der Waals surface area contributed by atoms with E-state index in [0.29, 0.717) is 11.1 Å². The summed E-state index contributed by atoms with van der Waals surface area (Å²) < 4.78 is 45.6. The Morgan fingerprint density at radius 3 is 2.78 bits per heavy atom. The molecule has 2 rings (SSSR count). The topological polar surface area (TPSA) is 86.3 Å². The van der Waals surface area contributed by atoms with Gasteiger partial charge in [-0.2, -0.15) is 8.78 Å². The normalized spacial score (nSPS) is 19.5. The minimum absolute atomic E-state index is 0.0124. The Labute approximate surface area is 156 Å². The number of hydrogen-bond acceptors (Lipinski definition) is 6. The van der Waals surface area contributed by atoms with Crippen LogP contribution in [-0.2, 0) is 20.8 Å². The number of alkyl carbamates (subject to hydrolysis) is 1. The standard InChI is InChI=1S/C18H25F2NO6/c1-18(2,3)27-17(23)21-15-13-5-4-12(26-16(19)20)8-11(13)9-25-14(15)10-24-7-6-22/h4-5,8,14-16,22H,6-7,9-10H2,1-3H3,(H,21,23)/t14-,15-/m0/s1. The van der Waals surface area contributed by atoms with E-state index in [0.717, 1.165) is 0 Å². The number of aliphatic hydroxyl groups excluding tert-OH is 1. The van der Waals surface area contributed by atoms with Crippen molar-refractivity contribution < 1.29 is 37.6 Å². The summed E-state index contributed by atoms with van der Waals surface area (Å²) in [7, 11) is 0. The van der Waals surface area contributed by atoms with Crippen LogP contribution < -0.4 is 10.1 Å². The zero-order valence-electron chi connectivity index (χ0n) is 15.5. The number of alkyl halides is 2. The fourth-order valence-electron chi connectivity index (χ4n) is 2.69. The molecule has 2 N–H and O–H groups in total. The van der Waals surface area contributed by atoms with E-state index >= 15 is 0 Å². The van der Waals surface area contributed by atoms with Crippen molar-refractivity contribution in [2.45, 2.75) is 51.7 Å². The van der Waals surface area contributed by atoms with Crippen LogP contribution in [0.2, 0.25) is 0 Å². The number of aliphatic hydroxyl groups is 1. The van der Waals surface area contributed by atoms with Gasteiger partial charge in [-0.3, -0.25) is 0 Å². The van der Waals surface area contributed by atoms with Gasteiger partial charge in [0, 0.05) is 0 Å². The second-order valence-electron chi connectivity index (χ2n) is 7.01. The molecule has 152 valence electrons. The van der Waals surface area contributed by atoms with Crippen LogP contribution in [0.5, 0.6) is 5.75 Å². The van der Waals surface area contributed by atoms with E-state index in [-0.39, 0.29) is 32.2 Å². The van der Waals surface area contributed by atoms with Crippen molar-refractivity contribution in [3.05, 3.63) is 29.3 Å². The molecule has 0 bridgehead atoms. The molecule has 0 aliphatic carbocycles. The maximum absolute atomic E-state index is 12.4. The maximum Gasteiger partial charge on any atom is 0.408 e. The van der Waals surface area contributed by atoms with Crippen molar-refractivity contribution in [1.82, 2.24) is 5.32 Å². The van der Waals surface area contributed by atoms with Gasteiger partial charge >= 0.3 is 12.7 Å². The number of fused-ring (bicyclic) bond motifs is 1. The second-order valence-corrected chi connectivity index (χ2v) is 7.01. The first-order valence-corrected chi connectivity index (χ1v) is 8.57. The van der Waals surface area contributed by atoms with Crippen LogP contribution in [0, 0.1) is 0 Å². The van der Waals surface area contributed by atoms with Gasteiger partial charge in [0.15, 0.2) is 0 Å². The van der Waals surface area contributed by atoms with Gasteiger partial charge in [-0.1, -0.05) is 6.07 Å². The van der Waals surface area contributed by atoms with Gasteiger partial charge in [0.05, 0.1) is 32.5 Å². The van der Waals surface area contributed by atoms with Crippen LogP contribution in [0.15, 0.2) is 18.2 Å². The summed E-state index contributed by atoms with van der Waals surface area (Å²) in [5.74, 6) is 0.0124. The molecule has 1 aromatic carbocycles. The monoisotopic (exact) mass is 389 g/mol. The number of halogens is 2. The molecule has 1 aliphatic rings. The molecule has 0 saturated heterocycles. The highest BCUT2D eigenvalue weighted by atomic mass is 19.3. The Balaban J connectivity index is 2.21. The summed E-state index contributed by atoms with van der Waals surface area (Å²) in [6.45, 7) is 2.58. The van der Waals surface area contributed by atoms with E-state index in [1.54, 1.807) is 26.8 Å². The summed E-state index contributed by atoms with van der Waals surface area (Å²) in [6.07, 6.45) is -1.16. The molecule has 0 fully saturated rings. The van der Waals surface area contributed by atoms with Crippen LogP contribution in [0.1, 0.15) is 37.9 Å². The lowest BCUT2D eigenvalue weighted by atomic mass is 9.94. The molecular weight excluding hydrogens is 364 g/mol. The van der Waals surface area contributed by atoms with Crippen molar-refractivity contribution in [3.63, 3.8) is 0 Å². The van der Waals surface area contributed by atoms with Crippen LogP contribution in [0.4, 0.5) is 13.6 Å². The number of carbonyl (C=O) groups is 1. The molecule has 0 radical (unpaired) electrons. The molecule has 27 heavy (non-hydrogen) atoms. The van der Waals surface area contributed by atoms with Gasteiger partial charge in [0.1, 0.15) is 17.5 Å². The van der Waals surface area contributed by atoms with Gasteiger partial charge in [-0.15, -0.1) is 0 Å². The number of amides is 1. The highest BCUT2D eigenvalue weighted by molar-refractivity contribution is 5.68. The smallest absolute Gasteiger partial charge is 0.408 e. The Kier molecular flexibility index (Phi) is 7.34. The van der Waals surface area contributed by atoms with Crippen LogP contribution in [0.3, 0.4) is 0 Å². The molecule has 1 amide bonds. The van der Waals surface area contributed by atoms with Crippen molar-refractivity contribution in [2.75, 3.05) is 19.8 Å². The van der Waals surface area contributed by atoms with E-state index in [1.807, 2.05) is 0 Å². The number of hydrogen-bond donors (Lipinski definition) is 2. The van der Waals surface area contributed by atoms with Gasteiger partial charge < -0.3 is 29.4 Å². The second kappa shape index (κ2) is 9.29. The number of carbonyl (C=O) groups excluding carboxylic acids is 1. The fraction of sp³-hybridized carbons (Fsp3) is 0.611. The number of ether oxygens (including phenoxy) is 4. The summed E-state index contributed by atoms with van der Waals surface area (Å²) >= 11 is 0. The van der Waals surface area contributed by atoms with E-state index in [4.69, 9.17) is 19.3 Å². The van der Waals surface area contributed by atoms with Crippen molar-refractivity contribution >= 4 is 6.09 Å². The first-order valence-electron chi connectivity index (χ1n) is 8.57. The summed E-state index contributed by atoms with van der Waals surface area (Å²) in [5.41, 5.74) is 0.638. The number of benzene rings is 1. The summed E-state index contributed by atoms with van der Waals surface area (Å²) in [4.78, 5) is 12.2. The highest BCUT2D eigenvalue weighted by Gasteiger charge is 2.33. The van der Waals surface area contributed by atoms with Gasteiger partial charge in [0.25, 0.3) is 0 Å². The molecular formula is C18H25F2NO6. The zero-order valence-corrected chi connectivity index (χ0v) is 15.5. The molecule has 0 aromatic heterocycles. The molecule has 0 saturated carbocycles. The number of nitrogens with one attached hydrogen (secondary N) is 1. The van der Waals surface area contributed by atoms with E-state index < -0.39 is 30.5 Å². The predicted octanol–water partition coefficient (Wildman–Crippen LogP) is 2.76. The van der Waals surface area contributed by atoms with E-state index in [1.165, 1.54) is 12.1 Å². The van der Waals surface area contributed by atoms with Crippen LogP contribution in [0.25, 0.3) is 0 Å². The fourth-order valence-corrected chi connectivity index (χ4v) is 2.69. The van der Waals surface area contributed by atoms with Gasteiger partial charge in [0.2, 0.25) is 0 Å². The Bertz CT molecular complexity index is 635. The molecule has 9 heteroatoms. The lowest BCUT2D eigenvalue weighted by Crippen LogP contribution is -2.44. The van der Waals surface area contributed by atoms with E-state index in [2.05, 4.69) is 10.1 Å². The van der Waals surface area contributed by atoms with Crippen molar-refractivity contribution in [1.29, 1.82) is 0 Å². The maximum atomic E-state index is 12.4. The van der Waals surface area contributed by atoms with Crippen LogP contribution in [-0.4, -0.2) is 49.3 Å². The summed E-state index contributed by atoms with van der Waals surface area (Å²) in [5, 5.41) is 11.6.